The summed E-state index contributed by atoms with van der Waals surface area (Å²) >= 11 is 0. The third kappa shape index (κ3) is 3.63. The number of hydrogen-bond donors (Lipinski definition) is 1. The van der Waals surface area contributed by atoms with Crippen LogP contribution in [0, 0.1) is 18.8 Å². The van der Waals surface area contributed by atoms with Crippen LogP contribution in [0.2, 0.25) is 0 Å². The van der Waals surface area contributed by atoms with Crippen LogP contribution in [0.5, 0.6) is 0 Å². The average Bonchev–Trinajstić information content (AvgIpc) is 2.48. The molecule has 2 N–H and O–H groups in total. The van der Waals surface area contributed by atoms with Crippen molar-refractivity contribution in [3.05, 3.63) is 34.9 Å². The number of carbonyl (C=O) groups is 1. The van der Waals surface area contributed by atoms with Gasteiger partial charge in [-0.2, -0.15) is 0 Å². The molecular formula is C17H23N3O. The molecule has 1 unspecified atom stereocenters. The number of amides is 1. The monoisotopic (exact) mass is 285 g/mol. The molecule has 2 rings (SSSR count). The summed E-state index contributed by atoms with van der Waals surface area (Å²) in [6.45, 7) is 6.90. The van der Waals surface area contributed by atoms with Gasteiger partial charge in [0.25, 0.3) is 5.91 Å². The summed E-state index contributed by atoms with van der Waals surface area (Å²) in [5.74, 6) is 5.92. The van der Waals surface area contributed by atoms with E-state index in [1.54, 1.807) is 0 Å². The molecule has 1 aromatic carbocycles. The first-order valence-electron chi connectivity index (χ1n) is 7.32. The summed E-state index contributed by atoms with van der Waals surface area (Å²) < 4.78 is 0. The largest absolute Gasteiger partial charge is 0.336 e. The number of benzene rings is 1. The number of likely N-dealkylation sites (N-methyl/N-ethyl adjacent to an activating group) is 1. The molecular weight excluding hydrogens is 262 g/mol. The van der Waals surface area contributed by atoms with Crippen LogP contribution in [-0.4, -0.2) is 55.0 Å². The molecule has 1 amide bonds. The zero-order chi connectivity index (χ0) is 15.4. The van der Waals surface area contributed by atoms with Crippen molar-refractivity contribution in [1.82, 2.24) is 9.80 Å². The highest BCUT2D eigenvalue weighted by Gasteiger charge is 2.25. The lowest BCUT2D eigenvalue weighted by Crippen LogP contribution is -2.52. The van der Waals surface area contributed by atoms with Gasteiger partial charge in [-0.05, 0) is 38.6 Å². The van der Waals surface area contributed by atoms with E-state index in [9.17, 15) is 4.79 Å². The molecule has 0 bridgehead atoms. The molecule has 4 heteroatoms. The molecule has 21 heavy (non-hydrogen) atoms. The van der Waals surface area contributed by atoms with Crippen LogP contribution in [0.4, 0.5) is 0 Å². The molecule has 1 saturated heterocycles. The second kappa shape index (κ2) is 6.75. The van der Waals surface area contributed by atoms with Gasteiger partial charge in [0.05, 0.1) is 6.54 Å². The Morgan fingerprint density at radius 2 is 2.19 bits per heavy atom. The van der Waals surface area contributed by atoms with Gasteiger partial charge in [0.2, 0.25) is 0 Å². The molecule has 1 fully saturated rings. The molecule has 0 spiro atoms. The highest BCUT2D eigenvalue weighted by molar-refractivity contribution is 5.96. The Kier molecular flexibility index (Phi) is 5.00. The smallest absolute Gasteiger partial charge is 0.254 e. The van der Waals surface area contributed by atoms with Crippen molar-refractivity contribution < 1.29 is 4.79 Å². The van der Waals surface area contributed by atoms with Crippen LogP contribution in [0.3, 0.4) is 0 Å². The van der Waals surface area contributed by atoms with Gasteiger partial charge in [0.1, 0.15) is 0 Å². The predicted octanol–water partition coefficient (Wildman–Crippen LogP) is 1.08. The van der Waals surface area contributed by atoms with Crippen LogP contribution in [0.1, 0.15) is 28.4 Å². The minimum atomic E-state index is 0.101. The van der Waals surface area contributed by atoms with E-state index in [4.69, 9.17) is 5.73 Å². The molecule has 4 nitrogen and oxygen atoms in total. The first kappa shape index (κ1) is 15.6. The van der Waals surface area contributed by atoms with E-state index in [2.05, 4.69) is 30.7 Å². The quantitative estimate of drug-likeness (QED) is 0.786. The fourth-order valence-electron chi connectivity index (χ4n) is 2.49. The van der Waals surface area contributed by atoms with Crippen LogP contribution in [-0.2, 0) is 0 Å². The first-order valence-corrected chi connectivity index (χ1v) is 7.32. The Hall–Kier alpha value is -1.83. The SMILES string of the molecule is Cc1ccc(C#CCN)cc1C(=O)N1CCN(C)C(C)C1. The maximum Gasteiger partial charge on any atom is 0.254 e. The number of carbonyl (C=O) groups excluding carboxylic acids is 1. The van der Waals surface area contributed by atoms with Crippen molar-refractivity contribution in [2.75, 3.05) is 33.2 Å². The normalized spacial score (nSPS) is 19.0. The lowest BCUT2D eigenvalue weighted by molar-refractivity contribution is 0.0571. The topological polar surface area (TPSA) is 49.6 Å². The second-order valence-corrected chi connectivity index (χ2v) is 5.62. The van der Waals surface area contributed by atoms with Crippen molar-refractivity contribution in [1.29, 1.82) is 0 Å². The van der Waals surface area contributed by atoms with E-state index in [0.717, 1.165) is 36.3 Å². The molecule has 1 aliphatic rings. The summed E-state index contributed by atoms with van der Waals surface area (Å²) in [7, 11) is 2.10. The minimum Gasteiger partial charge on any atom is -0.336 e. The maximum absolute atomic E-state index is 12.7. The van der Waals surface area contributed by atoms with E-state index in [1.165, 1.54) is 0 Å². The number of hydrogen-bond acceptors (Lipinski definition) is 3. The van der Waals surface area contributed by atoms with Gasteiger partial charge in [0.15, 0.2) is 0 Å². The standard InChI is InChI=1S/C17H23N3O/c1-13-6-7-15(5-4-8-18)11-16(13)17(21)20-10-9-19(3)14(2)12-20/h6-7,11,14H,8-10,12,18H2,1-3H3. The van der Waals surface area contributed by atoms with Gasteiger partial charge in [0, 0.05) is 36.8 Å². The van der Waals surface area contributed by atoms with E-state index in [1.807, 2.05) is 30.0 Å². The molecule has 0 aromatic heterocycles. The molecule has 1 heterocycles. The number of piperazine rings is 1. The number of rotatable bonds is 1. The summed E-state index contributed by atoms with van der Waals surface area (Å²) in [4.78, 5) is 16.9. The lowest BCUT2D eigenvalue weighted by Gasteiger charge is -2.37. The Balaban J connectivity index is 2.22. The Labute approximate surface area is 126 Å². The Morgan fingerprint density at radius 3 is 2.86 bits per heavy atom. The fraction of sp³-hybridized carbons (Fsp3) is 0.471. The van der Waals surface area contributed by atoms with Crippen molar-refractivity contribution in [3.63, 3.8) is 0 Å². The highest BCUT2D eigenvalue weighted by Crippen LogP contribution is 2.16. The van der Waals surface area contributed by atoms with Crippen molar-refractivity contribution >= 4 is 5.91 Å². The zero-order valence-corrected chi connectivity index (χ0v) is 13.0. The van der Waals surface area contributed by atoms with Gasteiger partial charge in [-0.1, -0.05) is 17.9 Å². The van der Waals surface area contributed by atoms with Gasteiger partial charge in [-0.3, -0.25) is 4.79 Å². The van der Waals surface area contributed by atoms with Crippen molar-refractivity contribution in [3.8, 4) is 11.8 Å². The third-order valence-corrected chi connectivity index (χ3v) is 4.05. The number of aryl methyl sites for hydroxylation is 1. The van der Waals surface area contributed by atoms with Crippen LogP contribution in [0.15, 0.2) is 18.2 Å². The fourth-order valence-corrected chi connectivity index (χ4v) is 2.49. The number of nitrogens with two attached hydrogens (primary N) is 1. The third-order valence-electron chi connectivity index (χ3n) is 4.05. The van der Waals surface area contributed by atoms with E-state index in [-0.39, 0.29) is 5.91 Å². The maximum atomic E-state index is 12.7. The van der Waals surface area contributed by atoms with Gasteiger partial charge >= 0.3 is 0 Å². The summed E-state index contributed by atoms with van der Waals surface area (Å²) in [6.07, 6.45) is 0. The van der Waals surface area contributed by atoms with Crippen LogP contribution in [0.25, 0.3) is 0 Å². The van der Waals surface area contributed by atoms with Crippen molar-refractivity contribution in [2.45, 2.75) is 19.9 Å². The first-order chi connectivity index (χ1) is 10.0. The summed E-state index contributed by atoms with van der Waals surface area (Å²) in [6, 6.07) is 6.15. The zero-order valence-electron chi connectivity index (χ0n) is 13.0. The predicted molar refractivity (Wildman–Crippen MR) is 85.1 cm³/mol. The lowest BCUT2D eigenvalue weighted by atomic mass is 10.0. The Bertz CT molecular complexity index is 585. The van der Waals surface area contributed by atoms with Crippen LogP contribution < -0.4 is 5.73 Å². The van der Waals surface area contributed by atoms with Gasteiger partial charge < -0.3 is 15.5 Å². The number of nitrogens with zero attached hydrogens (tertiary/aromatic N) is 2. The molecule has 112 valence electrons. The molecule has 1 aliphatic heterocycles. The molecule has 0 radical (unpaired) electrons. The average molecular weight is 285 g/mol. The van der Waals surface area contributed by atoms with E-state index in [0.29, 0.717) is 12.6 Å². The van der Waals surface area contributed by atoms with E-state index < -0.39 is 0 Å². The molecule has 0 aliphatic carbocycles. The highest BCUT2D eigenvalue weighted by atomic mass is 16.2. The molecule has 0 saturated carbocycles. The van der Waals surface area contributed by atoms with Crippen LogP contribution >= 0.6 is 0 Å². The molecule has 1 aromatic rings. The molecule has 1 atom stereocenters. The second-order valence-electron chi connectivity index (χ2n) is 5.62. The van der Waals surface area contributed by atoms with Gasteiger partial charge in [-0.15, -0.1) is 0 Å². The Morgan fingerprint density at radius 1 is 1.43 bits per heavy atom. The summed E-state index contributed by atoms with van der Waals surface area (Å²) in [5.41, 5.74) is 7.98. The minimum absolute atomic E-state index is 0.101. The van der Waals surface area contributed by atoms with Gasteiger partial charge in [-0.25, -0.2) is 0 Å². The van der Waals surface area contributed by atoms with E-state index >= 15 is 0 Å². The van der Waals surface area contributed by atoms with Crippen molar-refractivity contribution in [2.24, 2.45) is 5.73 Å². The summed E-state index contributed by atoms with van der Waals surface area (Å²) in [5, 5.41) is 0.